The Morgan fingerprint density at radius 1 is 1.12 bits per heavy atom. The van der Waals surface area contributed by atoms with Gasteiger partial charge in [0.05, 0.1) is 0 Å². The number of hydrogen-bond acceptors (Lipinski definition) is 2. The van der Waals surface area contributed by atoms with Gasteiger partial charge in [-0.1, -0.05) is 13.8 Å². The molecule has 0 aromatic carbocycles. The minimum atomic E-state index is 0.765. The second-order valence-electron chi connectivity index (χ2n) is 6.31. The summed E-state index contributed by atoms with van der Waals surface area (Å²) in [5.41, 5.74) is 5.82. The van der Waals surface area contributed by atoms with Gasteiger partial charge in [-0.3, -0.25) is 0 Å². The van der Waals surface area contributed by atoms with E-state index in [9.17, 15) is 0 Å². The molecule has 3 atom stereocenters. The van der Waals surface area contributed by atoms with Crippen LogP contribution in [0, 0.1) is 17.8 Å². The van der Waals surface area contributed by atoms with Crippen molar-refractivity contribution in [1.29, 1.82) is 0 Å². The Bertz CT molecular complexity index is 207. The van der Waals surface area contributed by atoms with Crippen LogP contribution in [0.5, 0.6) is 0 Å². The number of nitrogens with two attached hydrogens (primary N) is 1. The molecule has 2 heteroatoms. The van der Waals surface area contributed by atoms with E-state index in [2.05, 4.69) is 18.7 Å². The van der Waals surface area contributed by atoms with E-state index in [-0.39, 0.29) is 0 Å². The fraction of sp³-hybridized carbons (Fsp3) is 1.00. The Morgan fingerprint density at radius 2 is 1.81 bits per heavy atom. The first-order valence-electron chi connectivity index (χ1n) is 7.13. The third-order valence-electron chi connectivity index (χ3n) is 4.55. The fourth-order valence-corrected chi connectivity index (χ4v) is 3.82. The minimum Gasteiger partial charge on any atom is -0.330 e. The van der Waals surface area contributed by atoms with Gasteiger partial charge in [-0.25, -0.2) is 0 Å². The molecule has 2 fully saturated rings. The predicted molar refractivity (Wildman–Crippen MR) is 69.3 cm³/mol. The fourth-order valence-electron chi connectivity index (χ4n) is 3.82. The maximum atomic E-state index is 5.82. The molecule has 2 rings (SSSR count). The van der Waals surface area contributed by atoms with E-state index in [0.717, 1.165) is 30.3 Å². The topological polar surface area (TPSA) is 29.3 Å². The maximum absolute atomic E-state index is 5.82. The largest absolute Gasteiger partial charge is 0.330 e. The van der Waals surface area contributed by atoms with Crippen molar-refractivity contribution >= 4 is 0 Å². The number of rotatable bonds is 2. The molecule has 0 amide bonds. The van der Waals surface area contributed by atoms with E-state index in [1.165, 1.54) is 45.2 Å². The van der Waals surface area contributed by atoms with Crippen LogP contribution in [0.1, 0.15) is 46.0 Å². The van der Waals surface area contributed by atoms with Crippen molar-refractivity contribution < 1.29 is 0 Å². The molecule has 1 saturated heterocycles. The summed E-state index contributed by atoms with van der Waals surface area (Å²) in [7, 11) is 0. The van der Waals surface area contributed by atoms with Gasteiger partial charge in [0.2, 0.25) is 0 Å². The standard InChI is InChI=1S/C14H28N2/c1-11-6-12(2)8-14(7-11)16-5-3-4-13(9-15)10-16/h11-14H,3-10,15H2,1-2H3. The van der Waals surface area contributed by atoms with Gasteiger partial charge in [-0.2, -0.15) is 0 Å². The van der Waals surface area contributed by atoms with Crippen molar-refractivity contribution in [2.24, 2.45) is 23.5 Å². The summed E-state index contributed by atoms with van der Waals surface area (Å²) in [6.45, 7) is 8.32. The highest BCUT2D eigenvalue weighted by atomic mass is 15.2. The van der Waals surface area contributed by atoms with E-state index in [1.54, 1.807) is 0 Å². The molecule has 2 aliphatic rings. The Morgan fingerprint density at radius 3 is 2.44 bits per heavy atom. The monoisotopic (exact) mass is 224 g/mol. The van der Waals surface area contributed by atoms with E-state index in [0.29, 0.717) is 0 Å². The molecule has 0 aromatic heterocycles. The molecule has 94 valence electrons. The lowest BCUT2D eigenvalue weighted by Crippen LogP contribution is -2.47. The van der Waals surface area contributed by atoms with E-state index in [1.807, 2.05) is 0 Å². The van der Waals surface area contributed by atoms with Crippen molar-refractivity contribution in [1.82, 2.24) is 4.90 Å². The molecule has 0 spiro atoms. The number of likely N-dealkylation sites (tertiary alicyclic amines) is 1. The Hall–Kier alpha value is -0.0800. The molecule has 16 heavy (non-hydrogen) atoms. The van der Waals surface area contributed by atoms with Crippen LogP contribution in [0.2, 0.25) is 0 Å². The van der Waals surface area contributed by atoms with Gasteiger partial charge >= 0.3 is 0 Å². The molecule has 1 saturated carbocycles. The lowest BCUT2D eigenvalue weighted by molar-refractivity contribution is 0.0708. The SMILES string of the molecule is CC1CC(C)CC(N2CCCC(CN)C2)C1. The van der Waals surface area contributed by atoms with Crippen molar-refractivity contribution in [2.75, 3.05) is 19.6 Å². The maximum Gasteiger partial charge on any atom is 0.0100 e. The molecule has 0 aromatic rings. The number of piperidine rings is 1. The average Bonchev–Trinajstić information content (AvgIpc) is 2.28. The van der Waals surface area contributed by atoms with E-state index in [4.69, 9.17) is 5.73 Å². The Labute approximate surface area is 101 Å². The van der Waals surface area contributed by atoms with Gasteiger partial charge in [-0.05, 0) is 62.9 Å². The van der Waals surface area contributed by atoms with Crippen LogP contribution >= 0.6 is 0 Å². The first-order valence-corrected chi connectivity index (χ1v) is 7.13. The summed E-state index contributed by atoms with van der Waals surface area (Å²) >= 11 is 0. The molecule has 1 aliphatic heterocycles. The van der Waals surface area contributed by atoms with Gasteiger partial charge in [-0.15, -0.1) is 0 Å². The van der Waals surface area contributed by atoms with Gasteiger partial charge in [0, 0.05) is 12.6 Å². The molecule has 1 aliphatic carbocycles. The van der Waals surface area contributed by atoms with Crippen LogP contribution in [0.4, 0.5) is 0 Å². The highest BCUT2D eigenvalue weighted by molar-refractivity contribution is 4.85. The smallest absolute Gasteiger partial charge is 0.0100 e. The summed E-state index contributed by atoms with van der Waals surface area (Å²) in [6.07, 6.45) is 6.99. The zero-order chi connectivity index (χ0) is 11.5. The number of hydrogen-bond donors (Lipinski definition) is 1. The van der Waals surface area contributed by atoms with Crippen LogP contribution < -0.4 is 5.73 Å². The third-order valence-corrected chi connectivity index (χ3v) is 4.55. The molecule has 2 nitrogen and oxygen atoms in total. The van der Waals surface area contributed by atoms with Gasteiger partial charge in [0.15, 0.2) is 0 Å². The number of nitrogens with zero attached hydrogens (tertiary/aromatic N) is 1. The van der Waals surface area contributed by atoms with Crippen LogP contribution in [0.15, 0.2) is 0 Å². The molecular weight excluding hydrogens is 196 g/mol. The predicted octanol–water partition coefficient (Wildman–Crippen LogP) is 2.48. The lowest BCUT2D eigenvalue weighted by atomic mass is 9.79. The van der Waals surface area contributed by atoms with Crippen LogP contribution in [-0.2, 0) is 0 Å². The van der Waals surface area contributed by atoms with Gasteiger partial charge < -0.3 is 10.6 Å². The van der Waals surface area contributed by atoms with Crippen molar-refractivity contribution in [3.8, 4) is 0 Å². The van der Waals surface area contributed by atoms with Crippen LogP contribution in [-0.4, -0.2) is 30.6 Å². The molecule has 0 bridgehead atoms. The van der Waals surface area contributed by atoms with Gasteiger partial charge in [0.1, 0.15) is 0 Å². The summed E-state index contributed by atoms with van der Waals surface area (Å²) in [5, 5.41) is 0. The normalized spacial score (nSPS) is 42.2. The highest BCUT2D eigenvalue weighted by Gasteiger charge is 2.30. The minimum absolute atomic E-state index is 0.765. The quantitative estimate of drug-likeness (QED) is 0.781. The summed E-state index contributed by atoms with van der Waals surface area (Å²) in [5.74, 6) is 2.61. The zero-order valence-electron chi connectivity index (χ0n) is 11.0. The zero-order valence-corrected chi connectivity index (χ0v) is 11.0. The second-order valence-corrected chi connectivity index (χ2v) is 6.31. The summed E-state index contributed by atoms with van der Waals surface area (Å²) < 4.78 is 0. The summed E-state index contributed by atoms with van der Waals surface area (Å²) in [4.78, 5) is 2.74. The average molecular weight is 224 g/mol. The summed E-state index contributed by atoms with van der Waals surface area (Å²) in [6, 6.07) is 0.855. The van der Waals surface area contributed by atoms with Gasteiger partial charge in [0.25, 0.3) is 0 Å². The molecule has 3 unspecified atom stereocenters. The molecule has 1 heterocycles. The molecular formula is C14H28N2. The highest BCUT2D eigenvalue weighted by Crippen LogP contribution is 2.33. The Balaban J connectivity index is 1.90. The van der Waals surface area contributed by atoms with Crippen molar-refractivity contribution in [3.05, 3.63) is 0 Å². The van der Waals surface area contributed by atoms with E-state index >= 15 is 0 Å². The first kappa shape index (κ1) is 12.4. The second kappa shape index (κ2) is 5.50. The molecule has 0 radical (unpaired) electrons. The van der Waals surface area contributed by atoms with Crippen LogP contribution in [0.3, 0.4) is 0 Å². The molecule has 2 N–H and O–H groups in total. The lowest BCUT2D eigenvalue weighted by Gasteiger charge is -2.43. The third kappa shape index (κ3) is 2.98. The van der Waals surface area contributed by atoms with Crippen molar-refractivity contribution in [3.63, 3.8) is 0 Å². The first-order chi connectivity index (χ1) is 7.69. The van der Waals surface area contributed by atoms with Crippen LogP contribution in [0.25, 0.3) is 0 Å². The van der Waals surface area contributed by atoms with E-state index < -0.39 is 0 Å². The Kier molecular flexibility index (Phi) is 4.26. The van der Waals surface area contributed by atoms with Crippen molar-refractivity contribution in [2.45, 2.75) is 52.0 Å².